The summed E-state index contributed by atoms with van der Waals surface area (Å²) < 4.78 is 50.6. The van der Waals surface area contributed by atoms with Crippen molar-refractivity contribution in [2.45, 2.75) is 19.7 Å². The van der Waals surface area contributed by atoms with Gasteiger partial charge in [-0.2, -0.15) is 13.2 Å². The minimum absolute atomic E-state index is 0.0155. The van der Waals surface area contributed by atoms with Crippen LogP contribution in [0.3, 0.4) is 0 Å². The normalized spacial score (nSPS) is 11.7. The Hall–Kier alpha value is -3.00. The van der Waals surface area contributed by atoms with Gasteiger partial charge in [0.1, 0.15) is 5.58 Å². The average molecular weight is 406 g/mol. The Morgan fingerprint density at radius 1 is 1.17 bits per heavy atom. The number of alkyl halides is 3. The first-order valence-corrected chi connectivity index (χ1v) is 9.00. The maximum atomic E-state index is 13.1. The van der Waals surface area contributed by atoms with Crippen LogP contribution in [-0.4, -0.2) is 26.6 Å². The summed E-state index contributed by atoms with van der Waals surface area (Å²) in [6.07, 6.45) is -4.52. The highest BCUT2D eigenvalue weighted by atomic mass is 19.4. The molecule has 0 aliphatic heterocycles. The third kappa shape index (κ3) is 4.37. The Balaban J connectivity index is 2.02. The van der Waals surface area contributed by atoms with Gasteiger partial charge in [-0.25, -0.2) is 0 Å². The molecule has 5 nitrogen and oxygen atoms in total. The highest BCUT2D eigenvalue weighted by Crippen LogP contribution is 2.35. The number of furan rings is 1. The van der Waals surface area contributed by atoms with Crippen LogP contribution in [0.15, 0.2) is 46.9 Å². The van der Waals surface area contributed by atoms with E-state index in [1.165, 1.54) is 6.07 Å². The first kappa shape index (κ1) is 20.7. The molecule has 1 aromatic heterocycles. The van der Waals surface area contributed by atoms with Crippen LogP contribution in [0.5, 0.6) is 0 Å². The summed E-state index contributed by atoms with van der Waals surface area (Å²) in [6.45, 7) is 2.42. The lowest BCUT2D eigenvalue weighted by Crippen LogP contribution is -2.18. The number of carbonyl (C=O) groups excluding carboxylic acids is 1. The van der Waals surface area contributed by atoms with Crippen molar-refractivity contribution in [1.29, 1.82) is 0 Å². The van der Waals surface area contributed by atoms with Gasteiger partial charge in [0.05, 0.1) is 23.5 Å². The maximum absolute atomic E-state index is 13.1. The molecule has 1 amide bonds. The predicted molar refractivity (Wildman–Crippen MR) is 105 cm³/mol. The second-order valence-corrected chi connectivity index (χ2v) is 6.62. The van der Waals surface area contributed by atoms with E-state index in [1.54, 1.807) is 37.2 Å². The molecule has 8 heteroatoms. The van der Waals surface area contributed by atoms with E-state index < -0.39 is 17.6 Å². The second kappa shape index (κ2) is 8.16. The van der Waals surface area contributed by atoms with Crippen molar-refractivity contribution in [2.24, 2.45) is 0 Å². The Labute approximate surface area is 166 Å². The monoisotopic (exact) mass is 406 g/mol. The molecule has 0 saturated heterocycles. The number of nitrogens with one attached hydrogen (secondary N) is 1. The lowest BCUT2D eigenvalue weighted by atomic mass is 10.1. The van der Waals surface area contributed by atoms with Gasteiger partial charge >= 0.3 is 6.18 Å². The molecule has 0 atom stereocenters. The first-order valence-electron chi connectivity index (χ1n) is 9.00. The molecule has 0 spiro atoms. The number of carbonyl (C=O) groups is 1. The van der Waals surface area contributed by atoms with Gasteiger partial charge in [-0.3, -0.25) is 4.79 Å². The van der Waals surface area contributed by atoms with Gasteiger partial charge < -0.3 is 19.4 Å². The first-order chi connectivity index (χ1) is 13.7. The van der Waals surface area contributed by atoms with E-state index in [-0.39, 0.29) is 18.1 Å². The third-order valence-corrected chi connectivity index (χ3v) is 4.41. The molecular weight excluding hydrogens is 385 g/mol. The van der Waals surface area contributed by atoms with Gasteiger partial charge in [-0.15, -0.1) is 0 Å². The smallest absolute Gasteiger partial charge is 0.416 e. The standard InChI is InChI=1S/C21H21F3N2O3/c1-4-28-12-15-14-7-5-6-8-18(14)29-19(15)20(27)25-16-11-13(21(22,23)24)9-10-17(16)26(2)3/h5-11H,4,12H2,1-3H3,(H,25,27). The van der Waals surface area contributed by atoms with Crippen LogP contribution in [0.2, 0.25) is 0 Å². The molecule has 0 aliphatic carbocycles. The summed E-state index contributed by atoms with van der Waals surface area (Å²) in [7, 11) is 3.36. The van der Waals surface area contributed by atoms with Crippen LogP contribution in [0.25, 0.3) is 11.0 Å². The number of fused-ring (bicyclic) bond motifs is 1. The van der Waals surface area contributed by atoms with E-state index >= 15 is 0 Å². The number of anilines is 2. The minimum atomic E-state index is -4.52. The Bertz CT molecular complexity index is 1030. The summed E-state index contributed by atoms with van der Waals surface area (Å²) in [5, 5.41) is 3.29. The van der Waals surface area contributed by atoms with Gasteiger partial charge in [0.15, 0.2) is 5.76 Å². The lowest BCUT2D eigenvalue weighted by molar-refractivity contribution is -0.137. The van der Waals surface area contributed by atoms with Crippen LogP contribution in [0.1, 0.15) is 28.6 Å². The molecule has 0 radical (unpaired) electrons. The van der Waals surface area contributed by atoms with Gasteiger partial charge in [-0.05, 0) is 31.2 Å². The highest BCUT2D eigenvalue weighted by Gasteiger charge is 2.32. The fraction of sp³-hybridized carbons (Fsp3) is 0.286. The van der Waals surface area contributed by atoms with Gasteiger partial charge in [-0.1, -0.05) is 18.2 Å². The lowest BCUT2D eigenvalue weighted by Gasteiger charge is -2.19. The van der Waals surface area contributed by atoms with Crippen molar-refractivity contribution in [1.82, 2.24) is 0 Å². The molecule has 0 saturated carbocycles. The quantitative estimate of drug-likeness (QED) is 0.603. The summed E-state index contributed by atoms with van der Waals surface area (Å²) in [5.41, 5.74) is 0.687. The number of nitrogens with zero attached hydrogens (tertiary/aromatic N) is 1. The predicted octanol–water partition coefficient (Wildman–Crippen LogP) is 5.31. The molecule has 29 heavy (non-hydrogen) atoms. The molecule has 0 aliphatic rings. The zero-order chi connectivity index (χ0) is 21.2. The van der Waals surface area contributed by atoms with Crippen molar-refractivity contribution >= 4 is 28.3 Å². The number of rotatable bonds is 6. The number of hydrogen-bond acceptors (Lipinski definition) is 4. The van der Waals surface area contributed by atoms with E-state index in [9.17, 15) is 18.0 Å². The zero-order valence-corrected chi connectivity index (χ0v) is 16.3. The molecule has 0 fully saturated rings. The maximum Gasteiger partial charge on any atom is 0.416 e. The van der Waals surface area contributed by atoms with E-state index in [2.05, 4.69) is 5.32 Å². The Morgan fingerprint density at radius 2 is 1.90 bits per heavy atom. The molecular formula is C21H21F3N2O3. The van der Waals surface area contributed by atoms with Crippen molar-refractivity contribution in [2.75, 3.05) is 30.9 Å². The van der Waals surface area contributed by atoms with Crippen LogP contribution < -0.4 is 10.2 Å². The van der Waals surface area contributed by atoms with Gasteiger partial charge in [0.25, 0.3) is 5.91 Å². The van der Waals surface area contributed by atoms with Gasteiger partial charge in [0, 0.05) is 31.7 Å². The van der Waals surface area contributed by atoms with E-state index in [4.69, 9.17) is 9.15 Å². The van der Waals surface area contributed by atoms with Crippen molar-refractivity contribution in [3.63, 3.8) is 0 Å². The number of amides is 1. The molecule has 0 unspecified atom stereocenters. The SMILES string of the molecule is CCOCc1c(C(=O)Nc2cc(C(F)(F)F)ccc2N(C)C)oc2ccccc12. The number of ether oxygens (including phenoxy) is 1. The van der Waals surface area contributed by atoms with Crippen molar-refractivity contribution < 1.29 is 27.1 Å². The fourth-order valence-corrected chi connectivity index (χ4v) is 3.01. The molecule has 2 aromatic carbocycles. The third-order valence-electron chi connectivity index (χ3n) is 4.41. The summed E-state index contributed by atoms with van der Waals surface area (Å²) in [4.78, 5) is 14.6. The number of halogens is 3. The van der Waals surface area contributed by atoms with Crippen molar-refractivity contribution in [3.8, 4) is 0 Å². The number of hydrogen-bond donors (Lipinski definition) is 1. The number of para-hydroxylation sites is 1. The van der Waals surface area contributed by atoms with E-state index in [1.807, 2.05) is 13.0 Å². The molecule has 3 aromatic rings. The van der Waals surface area contributed by atoms with E-state index in [0.29, 0.717) is 23.4 Å². The Morgan fingerprint density at radius 3 is 2.55 bits per heavy atom. The van der Waals surface area contributed by atoms with E-state index in [0.717, 1.165) is 17.5 Å². The zero-order valence-electron chi connectivity index (χ0n) is 16.3. The largest absolute Gasteiger partial charge is 0.451 e. The summed E-state index contributed by atoms with van der Waals surface area (Å²) >= 11 is 0. The molecule has 1 N–H and O–H groups in total. The second-order valence-electron chi connectivity index (χ2n) is 6.62. The summed E-state index contributed by atoms with van der Waals surface area (Å²) in [6, 6.07) is 10.3. The summed E-state index contributed by atoms with van der Waals surface area (Å²) in [5.74, 6) is -0.625. The van der Waals surface area contributed by atoms with Crippen LogP contribution in [0, 0.1) is 0 Å². The molecule has 1 heterocycles. The minimum Gasteiger partial charge on any atom is -0.451 e. The van der Waals surface area contributed by atoms with Gasteiger partial charge in [0.2, 0.25) is 0 Å². The van der Waals surface area contributed by atoms with Crippen LogP contribution >= 0.6 is 0 Å². The molecule has 154 valence electrons. The average Bonchev–Trinajstić information content (AvgIpc) is 3.04. The molecule has 0 bridgehead atoms. The fourth-order valence-electron chi connectivity index (χ4n) is 3.01. The topological polar surface area (TPSA) is 54.7 Å². The van der Waals surface area contributed by atoms with Crippen LogP contribution in [-0.2, 0) is 17.5 Å². The Kier molecular flexibility index (Phi) is 5.83. The highest BCUT2D eigenvalue weighted by molar-refractivity contribution is 6.08. The van der Waals surface area contributed by atoms with Crippen LogP contribution in [0.4, 0.5) is 24.5 Å². The number of benzene rings is 2. The molecule has 3 rings (SSSR count). The van der Waals surface area contributed by atoms with Crippen molar-refractivity contribution in [3.05, 3.63) is 59.4 Å².